The third-order valence-electron chi connectivity index (χ3n) is 0.0505. The number of hydrogen-bond donors (Lipinski definition) is 0. The van der Waals surface area contributed by atoms with E-state index in [4.69, 9.17) is 0 Å². The molecule has 0 N–H and O–H groups in total. The average molecular weight is 192 g/mol. The van der Waals surface area contributed by atoms with Crippen LogP contribution in [0.3, 0.4) is 0 Å². The van der Waals surface area contributed by atoms with Crippen LogP contribution < -0.4 is 0 Å². The molecule has 0 aromatic carbocycles. The Balaban J connectivity index is 1.97. The normalized spacial score (nSPS) is 10.5. The van der Waals surface area contributed by atoms with Crippen LogP contribution in [0, 0.1) is 0 Å². The standard InChI is InChI=1S/CH3FIP/c2-4-1-3/h4H,1H2. The van der Waals surface area contributed by atoms with Crippen LogP contribution in [0.15, 0.2) is 0 Å². The van der Waals surface area contributed by atoms with Crippen molar-refractivity contribution in [3.8, 4) is 0 Å². The van der Waals surface area contributed by atoms with E-state index in [0.717, 1.165) is 0 Å². The third kappa shape index (κ3) is 3.09. The highest BCUT2D eigenvalue weighted by atomic mass is 127. The second kappa shape index (κ2) is 4.09. The van der Waals surface area contributed by atoms with Gasteiger partial charge < -0.3 is 0 Å². The molecule has 0 rings (SSSR count). The zero-order valence-corrected chi connectivity index (χ0v) is 5.12. The molecular formula is CH3FIP. The Bertz CT molecular complexity index is 10.0. The number of halogens is 2. The van der Waals surface area contributed by atoms with Gasteiger partial charge in [-0.15, -0.1) is 0 Å². The molecule has 0 saturated carbocycles. The Morgan fingerprint density at radius 3 is 2.25 bits per heavy atom. The van der Waals surface area contributed by atoms with Gasteiger partial charge in [-0.05, 0) is 0 Å². The number of rotatable bonds is 1. The second-order valence-corrected chi connectivity index (χ2v) is 3.09. The lowest BCUT2D eigenvalue weighted by Crippen LogP contribution is -1.30. The fourth-order valence-electron chi connectivity index (χ4n) is 0. The lowest BCUT2D eigenvalue weighted by Gasteiger charge is -1.62. The van der Waals surface area contributed by atoms with E-state index in [0.29, 0.717) is 4.17 Å². The quantitative estimate of drug-likeness (QED) is 0.338. The van der Waals surface area contributed by atoms with Crippen LogP contribution in [0.4, 0.5) is 4.20 Å². The minimum Gasteiger partial charge on any atom is -0.230 e. The summed E-state index contributed by atoms with van der Waals surface area (Å²) in [6.07, 6.45) is 0. The molecule has 0 spiro atoms. The average Bonchev–Trinajstić information content (AvgIpc) is 1.37. The first kappa shape index (κ1) is 5.09. The van der Waals surface area contributed by atoms with Gasteiger partial charge in [0.2, 0.25) is 0 Å². The van der Waals surface area contributed by atoms with Crippen molar-refractivity contribution in [1.82, 2.24) is 0 Å². The van der Waals surface area contributed by atoms with Crippen LogP contribution in [0.1, 0.15) is 0 Å². The third-order valence-corrected chi connectivity index (χ3v) is 1.02. The van der Waals surface area contributed by atoms with E-state index >= 15 is 0 Å². The molecule has 4 heavy (non-hydrogen) atoms. The van der Waals surface area contributed by atoms with Crippen molar-refractivity contribution < 1.29 is 4.20 Å². The molecule has 1 atom stereocenters. The summed E-state index contributed by atoms with van der Waals surface area (Å²) in [5, 5.41) is 0. The van der Waals surface area contributed by atoms with Gasteiger partial charge in [0.1, 0.15) is 0 Å². The van der Waals surface area contributed by atoms with Gasteiger partial charge in [0.25, 0.3) is 0 Å². The van der Waals surface area contributed by atoms with Crippen molar-refractivity contribution in [3.05, 3.63) is 0 Å². The number of hydrogen-bond acceptors (Lipinski definition) is 0. The van der Waals surface area contributed by atoms with Crippen molar-refractivity contribution in [2.24, 2.45) is 0 Å². The summed E-state index contributed by atoms with van der Waals surface area (Å²) in [7, 11) is -0.373. The summed E-state index contributed by atoms with van der Waals surface area (Å²) in [4.78, 5) is 0. The predicted octanol–water partition coefficient (Wildman–Crippen LogP) is 1.94. The monoisotopic (exact) mass is 192 g/mol. The maximum absolute atomic E-state index is 10.7. The Kier molecular flexibility index (Phi) is 5.20. The Labute approximate surface area is 40.2 Å². The molecule has 0 heterocycles. The zero-order chi connectivity index (χ0) is 3.41. The molecule has 0 nitrogen and oxygen atoms in total. The van der Waals surface area contributed by atoms with Crippen LogP contribution in [0.5, 0.6) is 0 Å². The molecule has 3 heteroatoms. The van der Waals surface area contributed by atoms with Crippen LogP contribution in [0.2, 0.25) is 0 Å². The fraction of sp³-hybridized carbons (Fsp3) is 1.00. The highest BCUT2D eigenvalue weighted by Crippen LogP contribution is 2.12. The maximum atomic E-state index is 10.7. The van der Waals surface area contributed by atoms with Gasteiger partial charge in [-0.1, -0.05) is 22.6 Å². The van der Waals surface area contributed by atoms with E-state index < -0.39 is 0 Å². The molecule has 1 unspecified atom stereocenters. The molecule has 0 aliphatic heterocycles. The molecular weight excluding hydrogens is 189 g/mol. The zero-order valence-electron chi connectivity index (χ0n) is 1.96. The highest BCUT2D eigenvalue weighted by Gasteiger charge is 1.63. The molecule has 0 fully saturated rings. The van der Waals surface area contributed by atoms with Crippen molar-refractivity contribution in [1.29, 1.82) is 0 Å². The summed E-state index contributed by atoms with van der Waals surface area (Å²) < 4.78 is 11.4. The molecule has 0 saturated heterocycles. The van der Waals surface area contributed by atoms with Gasteiger partial charge >= 0.3 is 0 Å². The van der Waals surface area contributed by atoms with E-state index in [2.05, 4.69) is 0 Å². The lowest BCUT2D eigenvalue weighted by molar-refractivity contribution is 0.924. The van der Waals surface area contributed by atoms with Crippen LogP contribution >= 0.6 is 31.5 Å². The second-order valence-electron chi connectivity index (χ2n) is 0.267. The molecule has 0 aliphatic carbocycles. The van der Waals surface area contributed by atoms with E-state index in [9.17, 15) is 4.20 Å². The van der Waals surface area contributed by atoms with Gasteiger partial charge in [0.15, 0.2) is 0 Å². The highest BCUT2D eigenvalue weighted by molar-refractivity contribution is 14.1. The summed E-state index contributed by atoms with van der Waals surface area (Å²) in [6, 6.07) is 0. The molecule has 0 aromatic rings. The van der Waals surface area contributed by atoms with E-state index in [1.54, 1.807) is 0 Å². The van der Waals surface area contributed by atoms with Gasteiger partial charge in [-0.2, -0.15) is 0 Å². The minimum atomic E-state index is -0.373. The van der Waals surface area contributed by atoms with Gasteiger partial charge in [0.05, 0.1) is 8.89 Å². The van der Waals surface area contributed by atoms with E-state index in [1.165, 1.54) is 0 Å². The summed E-state index contributed by atoms with van der Waals surface area (Å²) in [5.74, 6) is 0. The fourth-order valence-corrected chi connectivity index (χ4v) is 0. The SMILES string of the molecule is FPCI. The lowest BCUT2D eigenvalue weighted by atomic mass is 11.9. The molecule has 26 valence electrons. The van der Waals surface area contributed by atoms with E-state index in [1.807, 2.05) is 22.6 Å². The first-order chi connectivity index (χ1) is 1.91. The first-order valence-electron chi connectivity index (χ1n) is 0.810. The van der Waals surface area contributed by atoms with Crippen molar-refractivity contribution in [2.75, 3.05) is 4.17 Å². The van der Waals surface area contributed by atoms with Crippen molar-refractivity contribution >= 4 is 31.5 Å². The Morgan fingerprint density at radius 2 is 2.25 bits per heavy atom. The Morgan fingerprint density at radius 1 is 2.00 bits per heavy atom. The summed E-state index contributed by atoms with van der Waals surface area (Å²) in [5.41, 5.74) is 0. The van der Waals surface area contributed by atoms with Crippen molar-refractivity contribution in [2.45, 2.75) is 0 Å². The first-order valence-corrected chi connectivity index (χ1v) is 3.42. The maximum Gasteiger partial charge on any atom is 0.0770 e. The summed E-state index contributed by atoms with van der Waals surface area (Å²) >= 11 is 1.99. The van der Waals surface area contributed by atoms with Gasteiger partial charge in [0, 0.05) is 4.17 Å². The van der Waals surface area contributed by atoms with Crippen LogP contribution in [-0.2, 0) is 0 Å². The molecule has 0 radical (unpaired) electrons. The van der Waals surface area contributed by atoms with Crippen LogP contribution in [0.25, 0.3) is 0 Å². The molecule has 0 bridgehead atoms. The smallest absolute Gasteiger partial charge is 0.0770 e. The van der Waals surface area contributed by atoms with Crippen molar-refractivity contribution in [3.63, 3.8) is 0 Å². The predicted molar refractivity (Wildman–Crippen MR) is 28.3 cm³/mol. The van der Waals surface area contributed by atoms with Crippen LogP contribution in [-0.4, -0.2) is 4.17 Å². The topological polar surface area (TPSA) is 0 Å². The summed E-state index contributed by atoms with van der Waals surface area (Å²) in [6.45, 7) is 0. The number of alkyl halides is 1. The van der Waals surface area contributed by atoms with Gasteiger partial charge in [-0.3, -0.25) is 0 Å². The van der Waals surface area contributed by atoms with Gasteiger partial charge in [-0.25, -0.2) is 4.20 Å². The Hall–Kier alpha value is 1.09. The molecule has 0 aliphatic rings. The molecule has 0 aromatic heterocycles. The largest absolute Gasteiger partial charge is 0.230 e. The molecule has 0 amide bonds. The van der Waals surface area contributed by atoms with E-state index in [-0.39, 0.29) is 8.89 Å². The minimum absolute atomic E-state index is 0.373.